The second-order valence-corrected chi connectivity index (χ2v) is 7.06. The molecule has 2 aromatic rings. The highest BCUT2D eigenvalue weighted by molar-refractivity contribution is 5.65. The van der Waals surface area contributed by atoms with Gasteiger partial charge in [0.2, 0.25) is 5.89 Å². The van der Waals surface area contributed by atoms with Crippen molar-refractivity contribution >= 4 is 11.8 Å². The zero-order chi connectivity index (χ0) is 21.0. The van der Waals surface area contributed by atoms with E-state index in [0.29, 0.717) is 31.7 Å². The van der Waals surface area contributed by atoms with Gasteiger partial charge in [-0.25, -0.2) is 14.7 Å². The maximum Gasteiger partial charge on any atom is 0.434 e. The minimum atomic E-state index is -4.53. The Bertz CT molecular complexity index is 901. The van der Waals surface area contributed by atoms with Crippen LogP contribution in [0.2, 0.25) is 0 Å². The number of nitrogens with zero attached hydrogens (tertiary/aromatic N) is 1. The summed E-state index contributed by atoms with van der Waals surface area (Å²) in [6.45, 7) is 0.368. The largest absolute Gasteiger partial charge is 0.465 e. The summed E-state index contributed by atoms with van der Waals surface area (Å²) in [5.74, 6) is -0.529. The summed E-state index contributed by atoms with van der Waals surface area (Å²) in [5, 5.41) is 19.7. The van der Waals surface area contributed by atoms with Crippen molar-refractivity contribution in [3.63, 3.8) is 0 Å². The van der Waals surface area contributed by atoms with Gasteiger partial charge in [-0.2, -0.15) is 13.2 Å². The molecular formula is C18H21F3N4O4. The fourth-order valence-corrected chi connectivity index (χ4v) is 3.60. The first-order valence-corrected chi connectivity index (χ1v) is 9.23. The van der Waals surface area contributed by atoms with Gasteiger partial charge in [0, 0.05) is 23.8 Å². The second-order valence-electron chi connectivity index (χ2n) is 7.06. The van der Waals surface area contributed by atoms with Crippen molar-refractivity contribution in [2.24, 2.45) is 5.92 Å². The zero-order valence-electron chi connectivity index (χ0n) is 15.4. The van der Waals surface area contributed by atoms with Crippen LogP contribution in [-0.4, -0.2) is 34.0 Å². The Morgan fingerprint density at radius 2 is 2.00 bits per heavy atom. The maximum absolute atomic E-state index is 13.4. The highest BCUT2D eigenvalue weighted by Crippen LogP contribution is 2.38. The van der Waals surface area contributed by atoms with E-state index in [1.165, 1.54) is 12.1 Å². The molecule has 1 aromatic carbocycles. The molecule has 1 aromatic heterocycles. The minimum absolute atomic E-state index is 0.0820. The number of halogens is 3. The number of H-pyrrole nitrogens is 1. The molecule has 8 nitrogen and oxygen atoms in total. The topological polar surface area (TPSA) is 120 Å². The average Bonchev–Trinajstić information content (AvgIpc) is 3.08. The number of nitrogens with one attached hydrogen (secondary N) is 3. The summed E-state index contributed by atoms with van der Waals surface area (Å²) in [6, 6.07) is 3.29. The Morgan fingerprint density at radius 3 is 2.59 bits per heavy atom. The summed E-state index contributed by atoms with van der Waals surface area (Å²) in [5.41, 5.74) is -0.629. The maximum atomic E-state index is 13.4. The number of carboxylic acid groups (broad SMARTS) is 1. The minimum Gasteiger partial charge on any atom is -0.465 e. The average molecular weight is 414 g/mol. The molecule has 1 amide bonds. The van der Waals surface area contributed by atoms with E-state index in [9.17, 15) is 22.8 Å². The first-order valence-electron chi connectivity index (χ1n) is 9.23. The SMILES string of the molecule is O=C(O)NCC[C@H]1CC[C@H](Nc2cc(-c3n[nH]c(=O)o3)ccc2C(F)(F)F)CC1. The highest BCUT2D eigenvalue weighted by Gasteiger charge is 2.34. The number of hydrogen-bond acceptors (Lipinski definition) is 5. The van der Waals surface area contributed by atoms with Crippen molar-refractivity contribution in [1.29, 1.82) is 0 Å². The zero-order valence-corrected chi connectivity index (χ0v) is 15.4. The second kappa shape index (κ2) is 8.58. The van der Waals surface area contributed by atoms with Gasteiger partial charge < -0.3 is 20.2 Å². The highest BCUT2D eigenvalue weighted by atomic mass is 19.4. The van der Waals surface area contributed by atoms with Crippen LogP contribution in [0.15, 0.2) is 27.4 Å². The lowest BCUT2D eigenvalue weighted by Gasteiger charge is -2.30. The number of carbonyl (C=O) groups is 1. The van der Waals surface area contributed by atoms with Gasteiger partial charge in [-0.1, -0.05) is 0 Å². The third-order valence-corrected chi connectivity index (χ3v) is 5.05. The Hall–Kier alpha value is -2.98. The fourth-order valence-electron chi connectivity index (χ4n) is 3.60. The Labute approximate surface area is 163 Å². The lowest BCUT2D eigenvalue weighted by Crippen LogP contribution is -2.29. The van der Waals surface area contributed by atoms with Gasteiger partial charge in [0.05, 0.1) is 5.56 Å². The standard InChI is InChI=1S/C18H21F3N4O4/c19-18(20,21)13-6-3-11(15-24-25-17(28)29-15)9-14(13)23-12-4-1-10(2-5-12)7-8-22-16(26)27/h3,6,9-10,12,22-23H,1-2,4-5,7-8H2,(H,25,28)(H,26,27)/t10-,12-. The van der Waals surface area contributed by atoms with Gasteiger partial charge in [-0.15, -0.1) is 5.10 Å². The number of alkyl halides is 3. The van der Waals surface area contributed by atoms with Gasteiger partial charge >= 0.3 is 18.0 Å². The first-order chi connectivity index (χ1) is 13.7. The van der Waals surface area contributed by atoms with Crippen molar-refractivity contribution in [1.82, 2.24) is 15.5 Å². The molecule has 1 saturated carbocycles. The molecule has 29 heavy (non-hydrogen) atoms. The van der Waals surface area contributed by atoms with Crippen molar-refractivity contribution in [2.75, 3.05) is 11.9 Å². The summed E-state index contributed by atoms with van der Waals surface area (Å²) in [4.78, 5) is 21.6. The van der Waals surface area contributed by atoms with Gasteiger partial charge in [0.25, 0.3) is 0 Å². The van der Waals surface area contributed by atoms with Crippen LogP contribution in [0.3, 0.4) is 0 Å². The molecule has 4 N–H and O–H groups in total. The Kier molecular flexibility index (Phi) is 6.14. The normalized spacial score (nSPS) is 19.7. The molecule has 1 fully saturated rings. The molecule has 0 saturated heterocycles. The molecule has 0 bridgehead atoms. The van der Waals surface area contributed by atoms with Crippen LogP contribution in [0.5, 0.6) is 0 Å². The summed E-state index contributed by atoms with van der Waals surface area (Å²) in [7, 11) is 0. The number of aromatic amines is 1. The number of anilines is 1. The molecule has 3 rings (SSSR count). The van der Waals surface area contributed by atoms with Gasteiger partial charge in [0.1, 0.15) is 0 Å². The smallest absolute Gasteiger partial charge is 0.434 e. The molecule has 1 heterocycles. The van der Waals surface area contributed by atoms with Crippen LogP contribution in [0.4, 0.5) is 23.7 Å². The van der Waals surface area contributed by atoms with E-state index in [-0.39, 0.29) is 23.2 Å². The number of aromatic nitrogens is 2. The predicted molar refractivity (Wildman–Crippen MR) is 97.6 cm³/mol. The van der Waals surface area contributed by atoms with Crippen LogP contribution >= 0.6 is 0 Å². The van der Waals surface area contributed by atoms with Crippen molar-refractivity contribution < 1.29 is 27.5 Å². The third kappa shape index (κ3) is 5.52. The molecule has 0 spiro atoms. The van der Waals surface area contributed by atoms with Crippen LogP contribution < -0.4 is 16.4 Å². The number of rotatable bonds is 6. The Balaban J connectivity index is 1.69. The van der Waals surface area contributed by atoms with E-state index in [0.717, 1.165) is 18.9 Å². The molecule has 1 aliphatic carbocycles. The lowest BCUT2D eigenvalue weighted by atomic mass is 9.84. The van der Waals surface area contributed by atoms with E-state index < -0.39 is 23.6 Å². The van der Waals surface area contributed by atoms with E-state index in [2.05, 4.69) is 20.8 Å². The monoisotopic (exact) mass is 414 g/mol. The number of benzene rings is 1. The summed E-state index contributed by atoms with van der Waals surface area (Å²) in [6.07, 6.45) is -1.93. The van der Waals surface area contributed by atoms with Gasteiger partial charge in [0.15, 0.2) is 0 Å². The molecular weight excluding hydrogens is 393 g/mol. The van der Waals surface area contributed by atoms with E-state index in [4.69, 9.17) is 9.52 Å². The molecule has 0 atom stereocenters. The molecule has 0 radical (unpaired) electrons. The Morgan fingerprint density at radius 1 is 1.28 bits per heavy atom. The third-order valence-electron chi connectivity index (χ3n) is 5.05. The van der Waals surface area contributed by atoms with E-state index >= 15 is 0 Å². The molecule has 0 aliphatic heterocycles. The van der Waals surface area contributed by atoms with Crippen molar-refractivity contribution in [3.05, 3.63) is 34.3 Å². The molecule has 158 valence electrons. The van der Waals surface area contributed by atoms with Crippen molar-refractivity contribution in [2.45, 2.75) is 44.3 Å². The quantitative estimate of drug-likeness (QED) is 0.572. The molecule has 1 aliphatic rings. The van der Waals surface area contributed by atoms with Crippen molar-refractivity contribution in [3.8, 4) is 11.5 Å². The van der Waals surface area contributed by atoms with Crippen LogP contribution in [-0.2, 0) is 6.18 Å². The number of hydrogen-bond donors (Lipinski definition) is 4. The lowest BCUT2D eigenvalue weighted by molar-refractivity contribution is -0.137. The van der Waals surface area contributed by atoms with Crippen LogP contribution in [0.25, 0.3) is 11.5 Å². The number of amides is 1. The summed E-state index contributed by atoms with van der Waals surface area (Å²) >= 11 is 0. The summed E-state index contributed by atoms with van der Waals surface area (Å²) < 4.78 is 45.1. The van der Waals surface area contributed by atoms with E-state index in [1.807, 2.05) is 0 Å². The van der Waals surface area contributed by atoms with Gasteiger partial charge in [-0.3, -0.25) is 0 Å². The predicted octanol–water partition coefficient (Wildman–Crippen LogP) is 3.68. The molecule has 11 heteroatoms. The molecule has 0 unspecified atom stereocenters. The van der Waals surface area contributed by atoms with Crippen LogP contribution in [0, 0.1) is 5.92 Å². The fraction of sp³-hybridized carbons (Fsp3) is 0.500. The first kappa shape index (κ1) is 20.7. The van der Waals surface area contributed by atoms with Gasteiger partial charge in [-0.05, 0) is 56.2 Å². The van der Waals surface area contributed by atoms with E-state index in [1.54, 1.807) is 0 Å². The van der Waals surface area contributed by atoms with Crippen LogP contribution in [0.1, 0.15) is 37.7 Å².